The molecule has 1 aromatic heterocycles. The number of nitrogens with zero attached hydrogens (tertiary/aromatic N) is 1. The van der Waals surface area contributed by atoms with Crippen LogP contribution in [0.15, 0.2) is 59.4 Å². The second-order valence-corrected chi connectivity index (χ2v) is 6.89. The number of H-pyrrole nitrogens is 1. The number of nitrogens with one attached hydrogen (secondary N) is 2. The zero-order valence-corrected chi connectivity index (χ0v) is 16.6. The van der Waals surface area contributed by atoms with Gasteiger partial charge in [-0.05, 0) is 37.6 Å². The summed E-state index contributed by atoms with van der Waals surface area (Å²) in [5.41, 5.74) is 1.88. The van der Waals surface area contributed by atoms with Crippen molar-refractivity contribution in [3.8, 4) is 0 Å². The molecule has 0 saturated carbocycles. The minimum Gasteiger partial charge on any atom is -0.465 e. The number of ether oxygens (including phenoxy) is 1. The van der Waals surface area contributed by atoms with Crippen molar-refractivity contribution >= 4 is 28.6 Å². The number of esters is 1. The van der Waals surface area contributed by atoms with Crippen molar-refractivity contribution in [1.82, 2.24) is 9.88 Å². The number of para-hydroxylation sites is 2. The van der Waals surface area contributed by atoms with Crippen molar-refractivity contribution in [1.29, 1.82) is 0 Å². The van der Waals surface area contributed by atoms with Gasteiger partial charge in [0.25, 0.3) is 0 Å². The fourth-order valence-corrected chi connectivity index (χ4v) is 3.15. The summed E-state index contributed by atoms with van der Waals surface area (Å²) in [4.78, 5) is 41.4. The third-order valence-electron chi connectivity index (χ3n) is 4.64. The van der Waals surface area contributed by atoms with E-state index in [9.17, 15) is 14.4 Å². The smallest absolute Gasteiger partial charge is 0.339 e. The Bertz CT molecular complexity index is 1100. The van der Waals surface area contributed by atoms with E-state index in [2.05, 4.69) is 10.3 Å². The van der Waals surface area contributed by atoms with E-state index < -0.39 is 5.97 Å². The van der Waals surface area contributed by atoms with Crippen molar-refractivity contribution in [2.75, 3.05) is 12.4 Å². The number of amides is 2. The van der Waals surface area contributed by atoms with Crippen LogP contribution in [0.25, 0.3) is 10.9 Å². The standard InChI is InChI=1S/C22H23N3O4/c1-14(2)25(13-15-12-20(26)23-18-10-6-4-8-16(15)18)22(28)24-19-11-7-5-9-17(19)21(27)29-3/h4-12,14H,13H2,1-3H3,(H,23,26)(H,24,28). The summed E-state index contributed by atoms with van der Waals surface area (Å²) in [6, 6.07) is 15.1. The van der Waals surface area contributed by atoms with Crippen LogP contribution in [-0.2, 0) is 11.3 Å². The molecule has 150 valence electrons. The number of urea groups is 1. The van der Waals surface area contributed by atoms with Crippen molar-refractivity contribution < 1.29 is 14.3 Å². The number of methoxy groups -OCH3 is 1. The fraction of sp³-hybridized carbons (Fsp3) is 0.227. The minimum atomic E-state index is -0.530. The van der Waals surface area contributed by atoms with E-state index in [4.69, 9.17) is 4.74 Å². The van der Waals surface area contributed by atoms with Crippen LogP contribution in [0.3, 0.4) is 0 Å². The fourth-order valence-electron chi connectivity index (χ4n) is 3.15. The van der Waals surface area contributed by atoms with Crippen LogP contribution in [0, 0.1) is 0 Å². The maximum absolute atomic E-state index is 13.0. The number of carbonyl (C=O) groups is 2. The number of fused-ring (bicyclic) bond motifs is 1. The summed E-state index contributed by atoms with van der Waals surface area (Å²) in [5.74, 6) is -0.530. The molecule has 0 saturated heterocycles. The van der Waals surface area contributed by atoms with Gasteiger partial charge in [0.05, 0.1) is 18.4 Å². The topological polar surface area (TPSA) is 91.5 Å². The first-order valence-electron chi connectivity index (χ1n) is 9.26. The highest BCUT2D eigenvalue weighted by molar-refractivity contribution is 6.00. The normalized spacial score (nSPS) is 10.8. The molecule has 0 fully saturated rings. The highest BCUT2D eigenvalue weighted by Crippen LogP contribution is 2.20. The molecule has 0 aliphatic rings. The summed E-state index contributed by atoms with van der Waals surface area (Å²) in [6.45, 7) is 4.02. The summed E-state index contributed by atoms with van der Waals surface area (Å²) < 4.78 is 4.78. The van der Waals surface area contributed by atoms with Gasteiger partial charge in [-0.3, -0.25) is 4.79 Å². The predicted octanol–water partition coefficient (Wildman–Crippen LogP) is 3.76. The van der Waals surface area contributed by atoms with E-state index in [0.29, 0.717) is 5.69 Å². The Morgan fingerprint density at radius 1 is 1.10 bits per heavy atom. The number of aromatic amines is 1. The lowest BCUT2D eigenvalue weighted by Crippen LogP contribution is -2.40. The van der Waals surface area contributed by atoms with E-state index in [0.717, 1.165) is 16.5 Å². The molecule has 0 atom stereocenters. The number of anilines is 1. The molecule has 29 heavy (non-hydrogen) atoms. The quantitative estimate of drug-likeness (QED) is 0.646. The van der Waals surface area contributed by atoms with E-state index in [1.54, 1.807) is 29.2 Å². The molecule has 7 heteroatoms. The number of hydrogen-bond donors (Lipinski definition) is 2. The van der Waals surface area contributed by atoms with Crippen molar-refractivity contribution in [3.05, 3.63) is 76.1 Å². The van der Waals surface area contributed by atoms with Gasteiger partial charge in [0.1, 0.15) is 0 Å². The van der Waals surface area contributed by atoms with Crippen LogP contribution in [0.4, 0.5) is 10.5 Å². The molecule has 0 bridgehead atoms. The Kier molecular flexibility index (Phi) is 5.97. The number of rotatable bonds is 5. The van der Waals surface area contributed by atoms with Gasteiger partial charge in [-0.25, -0.2) is 9.59 Å². The first-order chi connectivity index (χ1) is 13.9. The summed E-state index contributed by atoms with van der Waals surface area (Å²) in [6.07, 6.45) is 0. The molecule has 0 unspecified atom stereocenters. The van der Waals surface area contributed by atoms with Gasteiger partial charge in [0, 0.05) is 29.6 Å². The number of pyridine rings is 1. The lowest BCUT2D eigenvalue weighted by atomic mass is 10.1. The maximum Gasteiger partial charge on any atom is 0.339 e. The van der Waals surface area contributed by atoms with Gasteiger partial charge in [0.15, 0.2) is 0 Å². The molecule has 2 amide bonds. The van der Waals surface area contributed by atoms with Crippen molar-refractivity contribution in [3.63, 3.8) is 0 Å². The molecule has 0 aliphatic carbocycles. The lowest BCUT2D eigenvalue weighted by Gasteiger charge is -2.28. The molecule has 3 aromatic rings. The molecule has 2 N–H and O–H groups in total. The monoisotopic (exact) mass is 393 g/mol. The first-order valence-corrected chi connectivity index (χ1v) is 9.26. The average molecular weight is 393 g/mol. The molecule has 0 spiro atoms. The Labute approximate surface area is 168 Å². The molecule has 1 heterocycles. The van der Waals surface area contributed by atoms with E-state index in [1.165, 1.54) is 13.2 Å². The highest BCUT2D eigenvalue weighted by Gasteiger charge is 2.21. The van der Waals surface area contributed by atoms with Gasteiger partial charge in [0.2, 0.25) is 5.56 Å². The van der Waals surface area contributed by atoms with E-state index in [-0.39, 0.29) is 29.7 Å². The third-order valence-corrected chi connectivity index (χ3v) is 4.64. The van der Waals surface area contributed by atoms with Crippen LogP contribution in [0.2, 0.25) is 0 Å². The van der Waals surface area contributed by atoms with Crippen LogP contribution < -0.4 is 10.9 Å². The largest absolute Gasteiger partial charge is 0.465 e. The third kappa shape index (κ3) is 4.45. The number of aromatic nitrogens is 1. The number of carbonyl (C=O) groups excluding carboxylic acids is 2. The zero-order valence-electron chi connectivity index (χ0n) is 16.6. The molecule has 3 rings (SSSR count). The van der Waals surface area contributed by atoms with Crippen molar-refractivity contribution in [2.24, 2.45) is 0 Å². The van der Waals surface area contributed by atoms with E-state index in [1.807, 2.05) is 38.1 Å². The first kappa shape index (κ1) is 20.1. The second kappa shape index (κ2) is 8.60. The summed E-state index contributed by atoms with van der Waals surface area (Å²) in [7, 11) is 1.29. The molecular formula is C22H23N3O4. The lowest BCUT2D eigenvalue weighted by molar-refractivity contribution is 0.0602. The second-order valence-electron chi connectivity index (χ2n) is 6.89. The van der Waals surface area contributed by atoms with Gasteiger partial charge in [-0.1, -0.05) is 30.3 Å². The Balaban J connectivity index is 1.91. The molecular weight excluding hydrogens is 370 g/mol. The van der Waals surface area contributed by atoms with Crippen molar-refractivity contribution in [2.45, 2.75) is 26.4 Å². The number of hydrogen-bond acceptors (Lipinski definition) is 4. The van der Waals surface area contributed by atoms with Gasteiger partial charge in [-0.15, -0.1) is 0 Å². The van der Waals surface area contributed by atoms with Crippen LogP contribution in [0.1, 0.15) is 29.8 Å². The summed E-state index contributed by atoms with van der Waals surface area (Å²) >= 11 is 0. The average Bonchev–Trinajstić information content (AvgIpc) is 2.71. The Hall–Kier alpha value is -3.61. The Morgan fingerprint density at radius 3 is 2.52 bits per heavy atom. The SMILES string of the molecule is COC(=O)c1ccccc1NC(=O)N(Cc1cc(=O)[nH]c2ccccc12)C(C)C. The maximum atomic E-state index is 13.0. The minimum absolute atomic E-state index is 0.140. The van der Waals surface area contributed by atoms with Crippen LogP contribution >= 0.6 is 0 Å². The van der Waals surface area contributed by atoms with Gasteiger partial charge < -0.3 is 19.9 Å². The van der Waals surface area contributed by atoms with Crippen LogP contribution in [0.5, 0.6) is 0 Å². The molecule has 0 aliphatic heterocycles. The van der Waals surface area contributed by atoms with E-state index >= 15 is 0 Å². The van der Waals surface area contributed by atoms with Crippen LogP contribution in [-0.4, -0.2) is 35.0 Å². The molecule has 0 radical (unpaired) electrons. The van der Waals surface area contributed by atoms with Gasteiger partial charge >= 0.3 is 12.0 Å². The molecule has 7 nitrogen and oxygen atoms in total. The predicted molar refractivity (Wildman–Crippen MR) is 112 cm³/mol. The summed E-state index contributed by atoms with van der Waals surface area (Å²) in [5, 5.41) is 3.67. The zero-order chi connectivity index (χ0) is 21.0. The Morgan fingerprint density at radius 2 is 1.79 bits per heavy atom. The number of benzene rings is 2. The highest BCUT2D eigenvalue weighted by atomic mass is 16.5. The van der Waals surface area contributed by atoms with Gasteiger partial charge in [-0.2, -0.15) is 0 Å². The molecule has 2 aromatic carbocycles.